The van der Waals surface area contributed by atoms with E-state index in [9.17, 15) is 4.79 Å². The molecule has 0 spiro atoms. The zero-order valence-corrected chi connectivity index (χ0v) is 14.4. The minimum atomic E-state index is 0.0173. The van der Waals surface area contributed by atoms with Gasteiger partial charge in [0.1, 0.15) is 5.75 Å². The molecule has 1 fully saturated rings. The number of aromatic nitrogens is 1. The monoisotopic (exact) mass is 346 g/mol. The number of hydrogen-bond donors (Lipinski definition) is 0. The number of rotatable bonds is 4. The standard InChI is InChI=1S/C18H20ClN3O2/c1-14-12-16(2-3-17(14)19)24-13-18(23)22-10-8-21(9-11-22)15-4-6-20-7-5-15/h2-7,12H,8-11,13H2,1H3/p+1. The van der Waals surface area contributed by atoms with Crippen LogP contribution in [-0.2, 0) is 4.79 Å². The van der Waals surface area contributed by atoms with E-state index in [1.54, 1.807) is 12.1 Å². The van der Waals surface area contributed by atoms with E-state index in [1.807, 2.05) is 42.4 Å². The van der Waals surface area contributed by atoms with E-state index in [0.717, 1.165) is 18.7 Å². The summed E-state index contributed by atoms with van der Waals surface area (Å²) in [7, 11) is 0. The van der Waals surface area contributed by atoms with Gasteiger partial charge in [0.15, 0.2) is 19.0 Å². The van der Waals surface area contributed by atoms with E-state index in [0.29, 0.717) is 23.9 Å². The predicted molar refractivity (Wildman–Crippen MR) is 93.5 cm³/mol. The van der Waals surface area contributed by atoms with Crippen molar-refractivity contribution in [3.05, 3.63) is 53.3 Å². The lowest BCUT2D eigenvalue weighted by Gasteiger charge is -2.35. The molecule has 0 saturated carbocycles. The van der Waals surface area contributed by atoms with Crippen LogP contribution in [-0.4, -0.2) is 43.6 Å². The summed E-state index contributed by atoms with van der Waals surface area (Å²) in [6.07, 6.45) is 3.82. The summed E-state index contributed by atoms with van der Waals surface area (Å²) < 4.78 is 5.60. The number of carbonyl (C=O) groups excluding carboxylic acids is 1. The number of piperazine rings is 1. The zero-order chi connectivity index (χ0) is 16.9. The Balaban J connectivity index is 1.49. The largest absolute Gasteiger partial charge is 0.484 e. The van der Waals surface area contributed by atoms with Gasteiger partial charge in [0.05, 0.1) is 0 Å². The van der Waals surface area contributed by atoms with Crippen molar-refractivity contribution in [1.82, 2.24) is 4.90 Å². The van der Waals surface area contributed by atoms with Gasteiger partial charge >= 0.3 is 0 Å². The summed E-state index contributed by atoms with van der Waals surface area (Å²) in [6.45, 7) is 5.05. The topological polar surface area (TPSA) is 46.9 Å². The number of hydrogen-bond acceptors (Lipinski definition) is 3. The lowest BCUT2D eigenvalue weighted by Crippen LogP contribution is -2.50. The van der Waals surface area contributed by atoms with Crippen molar-refractivity contribution in [1.29, 1.82) is 0 Å². The number of benzene rings is 1. The Morgan fingerprint density at radius 2 is 1.88 bits per heavy atom. The maximum absolute atomic E-state index is 12.3. The molecule has 6 heteroatoms. The van der Waals surface area contributed by atoms with Gasteiger partial charge in [-0.15, -0.1) is 0 Å². The average Bonchev–Trinajstić information content (AvgIpc) is 2.63. The Hall–Kier alpha value is -2.27. The Bertz CT molecular complexity index is 701. The van der Waals surface area contributed by atoms with Gasteiger partial charge in [0, 0.05) is 49.0 Å². The molecular weight excluding hydrogens is 326 g/mol. The molecule has 0 radical (unpaired) electrons. The molecule has 126 valence electrons. The highest BCUT2D eigenvalue weighted by molar-refractivity contribution is 6.31. The Labute approximate surface area is 146 Å². The van der Waals surface area contributed by atoms with Gasteiger partial charge in [-0.05, 0) is 30.7 Å². The Morgan fingerprint density at radius 3 is 2.54 bits per heavy atom. The van der Waals surface area contributed by atoms with Gasteiger partial charge in [0.2, 0.25) is 0 Å². The third-order valence-corrected chi connectivity index (χ3v) is 4.61. The van der Waals surface area contributed by atoms with Gasteiger partial charge in [-0.25, -0.2) is 4.98 Å². The van der Waals surface area contributed by atoms with E-state index >= 15 is 0 Å². The molecule has 1 aromatic heterocycles. The summed E-state index contributed by atoms with van der Waals surface area (Å²) in [5.74, 6) is 0.688. The van der Waals surface area contributed by atoms with Gasteiger partial charge in [-0.3, -0.25) is 4.79 Å². The highest BCUT2D eigenvalue weighted by atomic mass is 35.5. The molecule has 1 aliphatic heterocycles. The molecule has 3 rings (SSSR count). The summed E-state index contributed by atoms with van der Waals surface area (Å²) in [6, 6.07) is 9.51. The van der Waals surface area contributed by atoms with Gasteiger partial charge in [0.25, 0.3) is 5.91 Å². The molecule has 2 heterocycles. The van der Waals surface area contributed by atoms with Crippen LogP contribution in [0.1, 0.15) is 5.56 Å². The van der Waals surface area contributed by atoms with Crippen molar-refractivity contribution in [2.75, 3.05) is 37.7 Å². The first-order chi connectivity index (χ1) is 11.6. The number of H-pyrrole nitrogens is 1. The van der Waals surface area contributed by atoms with Crippen LogP contribution in [0.5, 0.6) is 5.75 Å². The molecule has 0 bridgehead atoms. The quantitative estimate of drug-likeness (QED) is 0.852. The third kappa shape index (κ3) is 3.97. The van der Waals surface area contributed by atoms with Crippen LogP contribution in [0.3, 0.4) is 0 Å². The van der Waals surface area contributed by atoms with Gasteiger partial charge < -0.3 is 14.5 Å². The second-order valence-corrected chi connectivity index (χ2v) is 6.23. The van der Waals surface area contributed by atoms with E-state index in [-0.39, 0.29) is 12.5 Å². The fourth-order valence-electron chi connectivity index (χ4n) is 2.75. The molecule has 1 N–H and O–H groups in total. The summed E-state index contributed by atoms with van der Waals surface area (Å²) in [5, 5.41) is 0.698. The molecule has 0 unspecified atom stereocenters. The van der Waals surface area contributed by atoms with Gasteiger partial charge in [-0.1, -0.05) is 11.6 Å². The number of carbonyl (C=O) groups is 1. The molecular formula is C18H21ClN3O2+. The van der Waals surface area contributed by atoms with Gasteiger partial charge in [-0.2, -0.15) is 0 Å². The number of anilines is 1. The Morgan fingerprint density at radius 1 is 1.17 bits per heavy atom. The maximum Gasteiger partial charge on any atom is 0.260 e. The van der Waals surface area contributed by atoms with Crippen molar-refractivity contribution in [2.45, 2.75) is 6.92 Å². The highest BCUT2D eigenvalue weighted by Crippen LogP contribution is 2.21. The molecule has 1 amide bonds. The SMILES string of the molecule is Cc1cc(OCC(=O)N2CCN(c3cc[nH+]cc3)CC2)ccc1Cl. The average molecular weight is 347 g/mol. The molecule has 1 saturated heterocycles. The maximum atomic E-state index is 12.3. The summed E-state index contributed by atoms with van der Waals surface area (Å²) in [5.41, 5.74) is 2.11. The first-order valence-corrected chi connectivity index (χ1v) is 8.39. The van der Waals surface area contributed by atoms with Crippen molar-refractivity contribution < 1.29 is 14.5 Å². The molecule has 1 aliphatic rings. The second kappa shape index (κ2) is 7.53. The van der Waals surface area contributed by atoms with Crippen molar-refractivity contribution in [2.24, 2.45) is 0 Å². The fraction of sp³-hybridized carbons (Fsp3) is 0.333. The van der Waals surface area contributed by atoms with Crippen LogP contribution >= 0.6 is 11.6 Å². The van der Waals surface area contributed by atoms with E-state index in [2.05, 4.69) is 9.88 Å². The first-order valence-electron chi connectivity index (χ1n) is 8.01. The number of nitrogens with one attached hydrogen (secondary N) is 1. The highest BCUT2D eigenvalue weighted by Gasteiger charge is 2.21. The van der Waals surface area contributed by atoms with Crippen LogP contribution in [0.25, 0.3) is 0 Å². The number of ether oxygens (including phenoxy) is 1. The summed E-state index contributed by atoms with van der Waals surface area (Å²) in [4.78, 5) is 19.5. The molecule has 24 heavy (non-hydrogen) atoms. The van der Waals surface area contributed by atoms with Crippen LogP contribution < -0.4 is 14.6 Å². The minimum Gasteiger partial charge on any atom is -0.484 e. The molecule has 2 aromatic rings. The second-order valence-electron chi connectivity index (χ2n) is 5.83. The number of amides is 1. The number of pyridine rings is 1. The number of aryl methyl sites for hydroxylation is 1. The lowest BCUT2D eigenvalue weighted by atomic mass is 10.2. The van der Waals surface area contributed by atoms with Crippen LogP contribution in [0.4, 0.5) is 5.69 Å². The Kier molecular flexibility index (Phi) is 5.20. The number of aromatic amines is 1. The van der Waals surface area contributed by atoms with E-state index in [4.69, 9.17) is 16.3 Å². The molecule has 5 nitrogen and oxygen atoms in total. The van der Waals surface area contributed by atoms with Crippen LogP contribution in [0.15, 0.2) is 42.7 Å². The normalized spacial score (nSPS) is 14.6. The van der Waals surface area contributed by atoms with Crippen LogP contribution in [0.2, 0.25) is 5.02 Å². The van der Waals surface area contributed by atoms with Crippen LogP contribution in [0, 0.1) is 6.92 Å². The summed E-state index contributed by atoms with van der Waals surface area (Å²) >= 11 is 5.99. The fourth-order valence-corrected chi connectivity index (χ4v) is 2.86. The third-order valence-electron chi connectivity index (χ3n) is 4.19. The smallest absolute Gasteiger partial charge is 0.260 e. The van der Waals surface area contributed by atoms with Crippen molar-refractivity contribution in [3.8, 4) is 5.75 Å². The zero-order valence-electron chi connectivity index (χ0n) is 13.7. The first kappa shape index (κ1) is 16.6. The van der Waals surface area contributed by atoms with E-state index in [1.165, 1.54) is 5.69 Å². The molecule has 0 aliphatic carbocycles. The van der Waals surface area contributed by atoms with Crippen molar-refractivity contribution in [3.63, 3.8) is 0 Å². The number of nitrogens with zero attached hydrogens (tertiary/aromatic N) is 2. The molecule has 0 atom stereocenters. The predicted octanol–water partition coefficient (Wildman–Crippen LogP) is 2.19. The van der Waals surface area contributed by atoms with E-state index < -0.39 is 0 Å². The van der Waals surface area contributed by atoms with Crippen molar-refractivity contribution >= 4 is 23.2 Å². The minimum absolute atomic E-state index is 0.0173. The number of halogens is 1. The molecule has 1 aromatic carbocycles. The lowest BCUT2D eigenvalue weighted by molar-refractivity contribution is -0.377.